The van der Waals surface area contributed by atoms with Crippen LogP contribution in [-0.4, -0.2) is 46.9 Å². The molecule has 0 atom stereocenters. The van der Waals surface area contributed by atoms with E-state index in [0.717, 1.165) is 36.0 Å². The van der Waals surface area contributed by atoms with E-state index in [4.69, 9.17) is 78.6 Å². The van der Waals surface area contributed by atoms with Crippen LogP contribution in [0.25, 0.3) is 22.9 Å². The van der Waals surface area contributed by atoms with Gasteiger partial charge in [-0.05, 0) is 106 Å². The topological polar surface area (TPSA) is 129 Å². The van der Waals surface area contributed by atoms with Crippen molar-refractivity contribution in [3.05, 3.63) is 192 Å². The van der Waals surface area contributed by atoms with Crippen LogP contribution in [0.1, 0.15) is 123 Å². The molecule has 436 valence electrons. The van der Waals surface area contributed by atoms with Crippen molar-refractivity contribution in [1.29, 1.82) is 0 Å². The molecule has 81 heavy (non-hydrogen) atoms. The summed E-state index contributed by atoms with van der Waals surface area (Å²) in [7, 11) is -12.9. The van der Waals surface area contributed by atoms with Gasteiger partial charge in [0.15, 0.2) is 24.6 Å². The predicted molar refractivity (Wildman–Crippen MR) is 308 cm³/mol. The van der Waals surface area contributed by atoms with E-state index < -0.39 is 37.7 Å². The molecule has 1 aliphatic heterocycles. The second-order valence-electron chi connectivity index (χ2n) is 19.5. The number of hydroxylamine groups is 2. The van der Waals surface area contributed by atoms with Gasteiger partial charge in [0, 0.05) is 5.39 Å². The Kier molecular flexibility index (Phi) is 24.3. The molecule has 8 rings (SSSR count). The Balaban J connectivity index is 0.000000249. The van der Waals surface area contributed by atoms with Crippen LogP contribution >= 0.6 is 77.8 Å². The molecule has 0 spiro atoms. The van der Waals surface area contributed by atoms with Crippen molar-refractivity contribution in [2.75, 3.05) is 6.61 Å². The van der Waals surface area contributed by atoms with E-state index in [1.54, 1.807) is 42.5 Å². The smallest absolute Gasteiger partial charge is 0.318 e. The van der Waals surface area contributed by atoms with Crippen LogP contribution in [0.2, 0.25) is 0 Å². The van der Waals surface area contributed by atoms with E-state index in [1.165, 1.54) is 54.7 Å². The molecular weight excluding hydrogens is 1340 g/mol. The molecule has 10 nitrogen and oxygen atoms in total. The quantitative estimate of drug-likeness (QED) is 0.0293. The Morgan fingerprint density at radius 1 is 0.593 bits per heavy atom. The fraction of sp³-hybridized carbons (Fsp3) is 0.268. The van der Waals surface area contributed by atoms with Gasteiger partial charge < -0.3 is 9.44 Å². The van der Waals surface area contributed by atoms with E-state index in [1.807, 2.05) is 24.3 Å². The first-order valence-corrected chi connectivity index (χ1v) is 31.7. The summed E-state index contributed by atoms with van der Waals surface area (Å²) >= 11 is 35.1. The van der Waals surface area contributed by atoms with Crippen molar-refractivity contribution in [3.8, 4) is 5.75 Å². The van der Waals surface area contributed by atoms with E-state index >= 15 is 0 Å². The third-order valence-corrected chi connectivity index (χ3v) is 16.0. The van der Waals surface area contributed by atoms with Gasteiger partial charge in [-0.3, -0.25) is 9.59 Å². The van der Waals surface area contributed by atoms with Gasteiger partial charge in [0.2, 0.25) is 7.59 Å². The number of hydrogen-bond acceptors (Lipinski definition) is 9. The number of carbonyl (C=O) groups is 2. The first-order valence-electron chi connectivity index (χ1n) is 24.2. The Bertz CT molecular complexity index is 3250. The summed E-state index contributed by atoms with van der Waals surface area (Å²) in [5.41, 5.74) is 4.65. The Hall–Kier alpha value is -4.34. The first-order chi connectivity index (χ1) is 37.0. The average molecular weight is 1400 g/mol. The van der Waals surface area contributed by atoms with Crippen molar-refractivity contribution >= 4 is 123 Å². The van der Waals surface area contributed by atoms with Crippen LogP contribution in [0.4, 0.5) is 21.0 Å². The summed E-state index contributed by atoms with van der Waals surface area (Å²) in [5.74, 6) is -0.890. The number of nitrogens with zero attached hydrogens (tertiary/aromatic N) is 4. The third kappa shape index (κ3) is 22.3. The van der Waals surface area contributed by atoms with Gasteiger partial charge in [0.25, 0.3) is 11.8 Å². The molecule has 0 saturated carbocycles. The van der Waals surface area contributed by atoms with Crippen molar-refractivity contribution < 1.29 is 73.9 Å². The van der Waals surface area contributed by atoms with Gasteiger partial charge in [-0.1, -0.05) is 216 Å². The normalized spacial score (nSPS) is 13.4. The first kappa shape index (κ1) is 69.2. The van der Waals surface area contributed by atoms with Crippen molar-refractivity contribution in [3.63, 3.8) is 0 Å². The number of alkyl halides is 6. The summed E-state index contributed by atoms with van der Waals surface area (Å²) < 4.78 is 83.7. The molecule has 2 heterocycles. The number of hydrogen-bond donors (Lipinski definition) is 0. The Labute approximate surface area is 507 Å². The number of imide groups is 1. The van der Waals surface area contributed by atoms with E-state index in [2.05, 4.69) is 112 Å². The molecule has 25 heteroatoms. The second-order valence-corrected chi connectivity index (χ2v) is 29.9. The summed E-state index contributed by atoms with van der Waals surface area (Å²) in [5, 5.41) is 1.53. The van der Waals surface area contributed by atoms with Crippen molar-refractivity contribution in [2.24, 2.45) is 0 Å². The predicted octanol–water partition coefficient (Wildman–Crippen LogP) is 12.4. The summed E-state index contributed by atoms with van der Waals surface area (Å²) in [6.07, 6.45) is 6.73. The molecule has 2 amide bonds. The van der Waals surface area contributed by atoms with Crippen LogP contribution in [0, 0.1) is 7.14 Å². The SMILES string of the molecule is CC(C)(C)c1ccc([I+]c2ccc(C(C)(C)C)cc2)cc1.CCCCCOc1ccc(C=Cc2nc(C(Cl)(Cl)Cl)nc(C(Cl)(Cl)Cl)n2)cc1.FP(F)(F)(F)F.O=C1c2cccc3cccc(c23)C(=O)N1OS(=O)(=O)c1ccccc1.[F-]. The summed E-state index contributed by atoms with van der Waals surface area (Å²) in [4.78, 5) is 37.3. The number of unbranched alkanes of at least 4 members (excludes halogenated alkanes) is 2. The number of aromatic nitrogens is 3. The van der Waals surface area contributed by atoms with E-state index in [9.17, 15) is 39.0 Å². The summed E-state index contributed by atoms with van der Waals surface area (Å²) in [6, 6.07) is 43.3. The molecule has 1 aromatic heterocycles. The maximum absolute atomic E-state index is 12.6. The van der Waals surface area contributed by atoms with Gasteiger partial charge >= 0.3 is 60.5 Å². The van der Waals surface area contributed by atoms with Crippen LogP contribution in [0.3, 0.4) is 0 Å². The van der Waals surface area contributed by atoms with Crippen LogP contribution in [0.5, 0.6) is 5.75 Å². The molecule has 1 aliphatic rings. The molecule has 0 saturated heterocycles. The molecule has 0 aliphatic carbocycles. The van der Waals surface area contributed by atoms with Crippen molar-refractivity contribution in [1.82, 2.24) is 20.0 Å². The zero-order chi connectivity index (χ0) is 59.5. The second kappa shape index (κ2) is 28.5. The molecule has 0 fully saturated rings. The monoisotopic (exact) mass is 1390 g/mol. The minimum Gasteiger partial charge on any atom is -1.00 e. The maximum Gasteiger partial charge on any atom is 0.318 e. The fourth-order valence-electron chi connectivity index (χ4n) is 7.06. The zero-order valence-corrected chi connectivity index (χ0v) is 52.7. The van der Waals surface area contributed by atoms with Gasteiger partial charge in [-0.2, -0.15) is 8.42 Å². The van der Waals surface area contributed by atoms with Crippen LogP contribution < -0.4 is 30.6 Å². The molecule has 0 radical (unpaired) electrons. The molecule has 0 N–H and O–H groups in total. The van der Waals surface area contributed by atoms with Crippen molar-refractivity contribution in [2.45, 2.75) is 91.0 Å². The van der Waals surface area contributed by atoms with Gasteiger partial charge in [-0.25, -0.2) is 15.0 Å². The number of ether oxygens (including phenoxy) is 1. The third-order valence-electron chi connectivity index (χ3n) is 11.1. The standard InChI is InChI=1S/C20H26I.C18H17Cl6N3O.C18H11NO5S.F5P.FH/c1-19(2,3)15-7-11-17(12-8-15)21-18-13-9-16(10-14-18)20(4,5)6;1-2-3-4-11-28-13-8-5-12(6-9-13)7-10-14-25-15(17(19,20)21)27-16(26-14)18(22,23)24;20-17-14-10-4-6-12-7-5-11-15(16(12)14)18(21)19(17)24-25(22,23)13-8-2-1-3-9-13;1-6(2,3,4)5;/h7-14H,1-6H3;5-10H,2-4,11H2,1H3;1-11H;;1H/q+1;;;;/p-1. The molecule has 0 unspecified atom stereocenters. The van der Waals surface area contributed by atoms with E-state index in [-0.39, 0.29) is 70.2 Å². The largest absolute Gasteiger partial charge is 1.00 e. The number of benzene rings is 6. The molecule has 0 bridgehead atoms. The van der Waals surface area contributed by atoms with Crippen LogP contribution in [-0.2, 0) is 32.8 Å². The molecule has 7 aromatic rings. The maximum atomic E-state index is 12.6. The average Bonchev–Trinajstić information content (AvgIpc) is 3.37. The number of halogens is 13. The fourth-order valence-corrected chi connectivity index (χ4v) is 10.6. The van der Waals surface area contributed by atoms with Crippen LogP contribution in [0.15, 0.2) is 144 Å². The minimum atomic E-state index is -8.55. The summed E-state index contributed by atoms with van der Waals surface area (Å²) in [6.45, 7) is 16.5. The number of carbonyl (C=O) groups excluding carboxylic acids is 2. The Morgan fingerprint density at radius 3 is 1.44 bits per heavy atom. The number of amides is 2. The minimum absolute atomic E-state index is 0. The number of rotatable bonds is 12. The van der Waals surface area contributed by atoms with Gasteiger partial charge in [0.1, 0.15) is 5.75 Å². The van der Waals surface area contributed by atoms with Gasteiger partial charge in [0.05, 0.1) is 22.6 Å². The molecular formula is C56H54Cl6F6IN4O6PS. The molecule has 6 aromatic carbocycles. The zero-order valence-electron chi connectivity index (χ0n) is 44.3. The van der Waals surface area contributed by atoms with Gasteiger partial charge in [-0.15, -0.1) is 9.35 Å². The Morgan fingerprint density at radius 2 is 1.04 bits per heavy atom. The van der Waals surface area contributed by atoms with E-state index in [0.29, 0.717) is 17.1 Å².